The molecule has 9 nitrogen and oxygen atoms in total. The number of carbonyl (C=O) groups is 3. The van der Waals surface area contributed by atoms with Gasteiger partial charge in [-0.2, -0.15) is 0 Å². The van der Waals surface area contributed by atoms with Crippen LogP contribution in [0.2, 0.25) is 0 Å². The summed E-state index contributed by atoms with van der Waals surface area (Å²) in [5.74, 6) is -2.38. The second-order valence-corrected chi connectivity index (χ2v) is 8.64. The lowest BCUT2D eigenvalue weighted by Gasteiger charge is -2.22. The summed E-state index contributed by atoms with van der Waals surface area (Å²) in [6.45, 7) is 0.376. The predicted octanol–water partition coefficient (Wildman–Crippen LogP) is 1.74. The molecular weight excluding hydrogens is 420 g/mol. The Bertz CT molecular complexity index is 1180. The first kappa shape index (κ1) is 19.5. The van der Waals surface area contributed by atoms with Crippen molar-refractivity contribution >= 4 is 55.7 Å². The summed E-state index contributed by atoms with van der Waals surface area (Å²) in [6.07, 6.45) is 0.0763. The van der Waals surface area contributed by atoms with E-state index in [0.29, 0.717) is 28.1 Å². The molecule has 0 spiro atoms. The van der Waals surface area contributed by atoms with Crippen LogP contribution < -0.4 is 10.9 Å². The van der Waals surface area contributed by atoms with Crippen LogP contribution in [0.1, 0.15) is 16.5 Å². The van der Waals surface area contributed by atoms with E-state index in [1.54, 1.807) is 30.3 Å². The Labute approximate surface area is 170 Å². The monoisotopic (exact) mass is 434 g/mol. The van der Waals surface area contributed by atoms with Crippen LogP contribution >= 0.6 is 22.3 Å². The third kappa shape index (κ3) is 3.60. The zero-order valence-corrected chi connectivity index (χ0v) is 16.4. The number of hydrogen-bond donors (Lipinski definition) is 1. The van der Waals surface area contributed by atoms with Gasteiger partial charge in [-0.1, -0.05) is 12.1 Å². The Balaban J connectivity index is 1.60. The molecule has 0 radical (unpaired) electrons. The van der Waals surface area contributed by atoms with Crippen molar-refractivity contribution in [1.82, 2.24) is 3.96 Å². The summed E-state index contributed by atoms with van der Waals surface area (Å²) in [5.41, 5.74) is 0.580. The Morgan fingerprint density at radius 1 is 1.41 bits per heavy atom. The number of thiophene rings is 1. The summed E-state index contributed by atoms with van der Waals surface area (Å²) in [6, 6.07) is 8.45. The Hall–Kier alpha value is -2.86. The summed E-state index contributed by atoms with van der Waals surface area (Å²) < 4.78 is 24.3. The van der Waals surface area contributed by atoms with Crippen LogP contribution in [-0.2, 0) is 36.8 Å². The summed E-state index contributed by atoms with van der Waals surface area (Å²) in [4.78, 5) is 46.6. The van der Waals surface area contributed by atoms with E-state index in [9.17, 15) is 23.7 Å². The van der Waals surface area contributed by atoms with Crippen molar-refractivity contribution < 1.29 is 28.4 Å². The zero-order chi connectivity index (χ0) is 20.5. The molecule has 2 unspecified atom stereocenters. The lowest BCUT2D eigenvalue weighted by atomic mass is 10.1. The number of fused-ring (bicyclic) bond motifs is 2. The standard InChI is InChI=1S/C18H14N2O7S2/c21-9-27-18(24)16(22)19-14-7-10-5-6-26-12(15(10)28-14)8-20-17(23)11-3-1-2-4-13(11)29(20)25/h1-4,7,9,12H,5-6,8H2,(H,19,22). The molecule has 1 aliphatic heterocycles. The largest absolute Gasteiger partial charge is 0.570 e. The SMILES string of the molecule is O=COC(=O)C(=O)Nc1cc2c(s1)C(Cn1c(=O)c3ccccc3[s+]1[O-])OCC2. The average Bonchev–Trinajstić information content (AvgIpc) is 3.23. The molecule has 1 aromatic carbocycles. The molecule has 0 saturated carbocycles. The molecule has 1 N–H and O–H groups in total. The molecule has 3 heterocycles. The summed E-state index contributed by atoms with van der Waals surface area (Å²) in [5, 5.41) is 3.18. The third-order valence-corrected chi connectivity index (χ3v) is 7.10. The number of amides is 1. The Kier molecular flexibility index (Phi) is 5.28. The molecule has 11 heteroatoms. The highest BCUT2D eigenvalue weighted by Gasteiger charge is 2.29. The summed E-state index contributed by atoms with van der Waals surface area (Å²) >= 11 is 1.19. The number of nitrogens with one attached hydrogen (secondary N) is 1. The van der Waals surface area contributed by atoms with Crippen molar-refractivity contribution in [3.8, 4) is 0 Å². The highest BCUT2D eigenvalue weighted by atomic mass is 32.2. The van der Waals surface area contributed by atoms with Gasteiger partial charge in [0.2, 0.25) is 4.70 Å². The third-order valence-electron chi connectivity index (χ3n) is 4.47. The molecule has 150 valence electrons. The summed E-state index contributed by atoms with van der Waals surface area (Å²) in [7, 11) is -1.61. The van der Waals surface area contributed by atoms with Crippen molar-refractivity contribution in [2.24, 2.45) is 0 Å². The van der Waals surface area contributed by atoms with E-state index in [4.69, 9.17) is 4.74 Å². The smallest absolute Gasteiger partial charge is 0.404 e. The maximum Gasteiger partial charge on any atom is 0.404 e. The molecule has 1 aliphatic rings. The first-order valence-electron chi connectivity index (χ1n) is 8.52. The number of ether oxygens (including phenoxy) is 2. The van der Waals surface area contributed by atoms with Crippen LogP contribution in [0.4, 0.5) is 5.00 Å². The van der Waals surface area contributed by atoms with Gasteiger partial charge < -0.3 is 19.3 Å². The van der Waals surface area contributed by atoms with Crippen molar-refractivity contribution in [2.45, 2.75) is 19.1 Å². The van der Waals surface area contributed by atoms with E-state index in [-0.39, 0.29) is 18.6 Å². The Morgan fingerprint density at radius 3 is 2.97 bits per heavy atom. The predicted molar refractivity (Wildman–Crippen MR) is 104 cm³/mol. The molecule has 0 bridgehead atoms. The maximum atomic E-state index is 12.7. The van der Waals surface area contributed by atoms with Gasteiger partial charge in [0, 0.05) is 21.9 Å². The van der Waals surface area contributed by atoms with Crippen LogP contribution in [0, 0.1) is 0 Å². The molecule has 3 aromatic rings. The van der Waals surface area contributed by atoms with Gasteiger partial charge in [0.25, 0.3) is 0 Å². The molecule has 0 aliphatic carbocycles. The number of nitrogens with zero attached hydrogens (tertiary/aromatic N) is 1. The molecular formula is C18H14N2O7S2. The van der Waals surface area contributed by atoms with Gasteiger partial charge in [-0.15, -0.1) is 15.3 Å². The van der Waals surface area contributed by atoms with Crippen molar-refractivity contribution in [3.05, 3.63) is 51.1 Å². The van der Waals surface area contributed by atoms with Crippen LogP contribution in [-0.4, -0.2) is 33.5 Å². The van der Waals surface area contributed by atoms with E-state index >= 15 is 0 Å². The van der Waals surface area contributed by atoms with Gasteiger partial charge in [-0.3, -0.25) is 14.4 Å². The normalized spacial score (nSPS) is 16.3. The minimum atomic E-state index is -1.61. The van der Waals surface area contributed by atoms with Gasteiger partial charge in [0.1, 0.15) is 18.0 Å². The highest BCUT2D eigenvalue weighted by Crippen LogP contribution is 2.39. The molecule has 1 amide bonds. The fourth-order valence-electron chi connectivity index (χ4n) is 3.18. The highest BCUT2D eigenvalue weighted by molar-refractivity contribution is 7.26. The van der Waals surface area contributed by atoms with E-state index in [2.05, 4.69) is 10.1 Å². The average molecular weight is 434 g/mol. The number of anilines is 1. The number of rotatable bonds is 4. The van der Waals surface area contributed by atoms with E-state index < -0.39 is 28.9 Å². The van der Waals surface area contributed by atoms with Gasteiger partial charge in [0.15, 0.2) is 0 Å². The molecule has 2 aromatic heterocycles. The number of benzene rings is 1. The van der Waals surface area contributed by atoms with Gasteiger partial charge >= 0.3 is 23.9 Å². The fourth-order valence-corrected chi connectivity index (χ4v) is 5.62. The second-order valence-electron chi connectivity index (χ2n) is 6.18. The zero-order valence-electron chi connectivity index (χ0n) is 14.8. The van der Waals surface area contributed by atoms with Crippen LogP contribution in [0.3, 0.4) is 0 Å². The van der Waals surface area contributed by atoms with Crippen LogP contribution in [0.25, 0.3) is 10.1 Å². The first-order valence-corrected chi connectivity index (χ1v) is 10.4. The van der Waals surface area contributed by atoms with Crippen molar-refractivity contribution in [1.29, 1.82) is 0 Å². The maximum absolute atomic E-state index is 12.7. The number of aromatic nitrogens is 1. The topological polar surface area (TPSA) is 127 Å². The lowest BCUT2D eigenvalue weighted by Crippen LogP contribution is -2.24. The van der Waals surface area contributed by atoms with E-state index in [1.165, 1.54) is 15.3 Å². The minimum absolute atomic E-state index is 0.0915. The minimum Gasteiger partial charge on any atom is -0.570 e. The molecule has 0 saturated heterocycles. The Morgan fingerprint density at radius 2 is 2.21 bits per heavy atom. The molecule has 4 rings (SSSR count). The van der Waals surface area contributed by atoms with E-state index in [0.717, 1.165) is 10.4 Å². The molecule has 2 atom stereocenters. The number of carbonyl (C=O) groups excluding carboxylic acids is 3. The van der Waals surface area contributed by atoms with Crippen molar-refractivity contribution in [2.75, 3.05) is 11.9 Å². The number of hydrogen-bond acceptors (Lipinski definition) is 8. The molecule has 29 heavy (non-hydrogen) atoms. The van der Waals surface area contributed by atoms with Gasteiger partial charge in [-0.05, 0) is 24.1 Å². The van der Waals surface area contributed by atoms with Crippen molar-refractivity contribution in [3.63, 3.8) is 0 Å². The van der Waals surface area contributed by atoms with E-state index in [1.807, 2.05) is 0 Å². The second kappa shape index (κ2) is 7.87. The fraction of sp³-hybridized carbons (Fsp3) is 0.222. The first-order chi connectivity index (χ1) is 14.0. The lowest BCUT2D eigenvalue weighted by molar-refractivity contribution is -0.157. The number of esters is 1. The molecule has 0 fully saturated rings. The van der Waals surface area contributed by atoms with Crippen LogP contribution in [0.5, 0.6) is 0 Å². The van der Waals surface area contributed by atoms with Gasteiger partial charge in [0.05, 0.1) is 11.6 Å². The van der Waals surface area contributed by atoms with Gasteiger partial charge in [-0.25, -0.2) is 4.79 Å². The quantitative estimate of drug-likeness (QED) is 0.218. The van der Waals surface area contributed by atoms with Crippen LogP contribution in [0.15, 0.2) is 35.1 Å².